The summed E-state index contributed by atoms with van der Waals surface area (Å²) in [5.41, 5.74) is 0.280. The molecule has 1 aliphatic heterocycles. The van der Waals surface area contributed by atoms with Gasteiger partial charge in [0.1, 0.15) is 5.60 Å². The molecular formula is C17H25NO3. The van der Waals surface area contributed by atoms with Crippen molar-refractivity contribution in [3.63, 3.8) is 0 Å². The highest BCUT2D eigenvalue weighted by Gasteiger charge is 2.39. The van der Waals surface area contributed by atoms with Crippen molar-refractivity contribution in [2.45, 2.75) is 50.9 Å². The Morgan fingerprint density at radius 1 is 1.38 bits per heavy atom. The number of ether oxygens (including phenoxy) is 1. The van der Waals surface area contributed by atoms with Crippen molar-refractivity contribution in [2.75, 3.05) is 13.7 Å². The van der Waals surface area contributed by atoms with Gasteiger partial charge in [0.05, 0.1) is 12.1 Å². The Labute approximate surface area is 126 Å². The van der Waals surface area contributed by atoms with Crippen LogP contribution in [0.25, 0.3) is 0 Å². The number of benzene rings is 1. The van der Waals surface area contributed by atoms with Gasteiger partial charge in [0.15, 0.2) is 0 Å². The number of aliphatic hydroxyl groups is 1. The summed E-state index contributed by atoms with van der Waals surface area (Å²) in [6.07, 6.45) is 1.77. The Kier molecular flexibility index (Phi) is 5.01. The van der Waals surface area contributed by atoms with Crippen LogP contribution in [0.3, 0.4) is 0 Å². The molecule has 116 valence electrons. The largest absolute Gasteiger partial charge is 0.391 e. The predicted octanol–water partition coefficient (Wildman–Crippen LogP) is 2.01. The average Bonchev–Trinajstić information content (AvgIpc) is 2.49. The van der Waals surface area contributed by atoms with Crippen molar-refractivity contribution in [3.8, 4) is 0 Å². The molecule has 1 saturated heterocycles. The second-order valence-corrected chi connectivity index (χ2v) is 6.18. The SMILES string of the molecule is COC(C)(C)C(=O)N1CCC[C@H](O)[C@@H]1Cc1ccccc1. The highest BCUT2D eigenvalue weighted by molar-refractivity contribution is 5.84. The molecule has 2 atom stereocenters. The molecule has 1 aromatic rings. The minimum atomic E-state index is -0.855. The zero-order valence-corrected chi connectivity index (χ0v) is 13.1. The van der Waals surface area contributed by atoms with Gasteiger partial charge in [0.2, 0.25) is 0 Å². The summed E-state index contributed by atoms with van der Waals surface area (Å²) in [4.78, 5) is 14.5. The van der Waals surface area contributed by atoms with E-state index in [4.69, 9.17) is 4.74 Å². The van der Waals surface area contributed by atoms with E-state index in [1.54, 1.807) is 25.9 Å². The normalized spacial score (nSPS) is 23.1. The highest BCUT2D eigenvalue weighted by Crippen LogP contribution is 2.25. The summed E-state index contributed by atoms with van der Waals surface area (Å²) in [7, 11) is 1.55. The maximum atomic E-state index is 12.7. The molecule has 1 aromatic carbocycles. The molecule has 0 aromatic heterocycles. The predicted molar refractivity (Wildman–Crippen MR) is 82.0 cm³/mol. The molecule has 21 heavy (non-hydrogen) atoms. The summed E-state index contributed by atoms with van der Waals surface area (Å²) < 4.78 is 5.31. The number of carbonyl (C=O) groups is 1. The first-order valence-corrected chi connectivity index (χ1v) is 7.54. The molecule has 1 fully saturated rings. The quantitative estimate of drug-likeness (QED) is 0.923. The second kappa shape index (κ2) is 6.58. The summed E-state index contributed by atoms with van der Waals surface area (Å²) in [5.74, 6) is -0.0512. The van der Waals surface area contributed by atoms with E-state index in [1.165, 1.54) is 0 Å². The first kappa shape index (κ1) is 16.0. The molecule has 0 unspecified atom stereocenters. The summed E-state index contributed by atoms with van der Waals surface area (Å²) in [6, 6.07) is 9.82. The van der Waals surface area contributed by atoms with Crippen molar-refractivity contribution in [3.05, 3.63) is 35.9 Å². The Morgan fingerprint density at radius 3 is 2.67 bits per heavy atom. The van der Waals surface area contributed by atoms with Gasteiger partial charge in [-0.3, -0.25) is 4.79 Å². The number of aliphatic hydroxyl groups excluding tert-OH is 1. The fourth-order valence-corrected chi connectivity index (χ4v) is 2.82. The molecule has 4 heteroatoms. The molecule has 0 aliphatic carbocycles. The zero-order chi connectivity index (χ0) is 15.5. The van der Waals surface area contributed by atoms with E-state index >= 15 is 0 Å². The molecule has 0 saturated carbocycles. The van der Waals surface area contributed by atoms with Crippen LogP contribution < -0.4 is 0 Å². The zero-order valence-electron chi connectivity index (χ0n) is 13.1. The fourth-order valence-electron chi connectivity index (χ4n) is 2.82. The van der Waals surface area contributed by atoms with E-state index in [-0.39, 0.29) is 11.9 Å². The number of methoxy groups -OCH3 is 1. The molecule has 0 bridgehead atoms. The lowest BCUT2D eigenvalue weighted by Gasteiger charge is -2.42. The second-order valence-electron chi connectivity index (χ2n) is 6.18. The van der Waals surface area contributed by atoms with Crippen molar-refractivity contribution >= 4 is 5.91 Å². The number of rotatable bonds is 4. The minimum absolute atomic E-state index is 0.0512. The average molecular weight is 291 g/mol. The van der Waals surface area contributed by atoms with E-state index in [9.17, 15) is 9.90 Å². The number of likely N-dealkylation sites (tertiary alicyclic amines) is 1. The fraction of sp³-hybridized carbons (Fsp3) is 0.588. The van der Waals surface area contributed by atoms with Crippen LogP contribution in [0.5, 0.6) is 0 Å². The molecule has 0 spiro atoms. The molecule has 2 rings (SSSR count). The third-order valence-corrected chi connectivity index (χ3v) is 4.32. The maximum Gasteiger partial charge on any atom is 0.254 e. The number of amides is 1. The van der Waals surface area contributed by atoms with Gasteiger partial charge in [-0.2, -0.15) is 0 Å². The van der Waals surface area contributed by atoms with Crippen LogP contribution in [0, 0.1) is 0 Å². The van der Waals surface area contributed by atoms with Crippen LogP contribution in [0.2, 0.25) is 0 Å². The lowest BCUT2D eigenvalue weighted by molar-refractivity contribution is -0.158. The van der Waals surface area contributed by atoms with Crippen LogP contribution in [-0.4, -0.2) is 47.3 Å². The number of hydrogen-bond acceptors (Lipinski definition) is 3. The number of piperidine rings is 1. The van der Waals surface area contributed by atoms with Crippen molar-refractivity contribution in [1.82, 2.24) is 4.90 Å². The van der Waals surface area contributed by atoms with Crippen molar-refractivity contribution in [2.24, 2.45) is 0 Å². The van der Waals surface area contributed by atoms with Gasteiger partial charge in [-0.25, -0.2) is 0 Å². The lowest BCUT2D eigenvalue weighted by Crippen LogP contribution is -2.57. The van der Waals surface area contributed by atoms with Gasteiger partial charge >= 0.3 is 0 Å². The van der Waals surface area contributed by atoms with E-state index < -0.39 is 11.7 Å². The Morgan fingerprint density at radius 2 is 2.05 bits per heavy atom. The van der Waals surface area contributed by atoms with Crippen LogP contribution in [0.15, 0.2) is 30.3 Å². The number of hydrogen-bond donors (Lipinski definition) is 1. The van der Waals surface area contributed by atoms with E-state index in [2.05, 4.69) is 0 Å². The van der Waals surface area contributed by atoms with Gasteiger partial charge in [-0.1, -0.05) is 30.3 Å². The number of nitrogens with zero attached hydrogens (tertiary/aromatic N) is 1. The van der Waals surface area contributed by atoms with Gasteiger partial charge < -0.3 is 14.7 Å². The minimum Gasteiger partial charge on any atom is -0.391 e. The van der Waals surface area contributed by atoms with Crippen LogP contribution >= 0.6 is 0 Å². The van der Waals surface area contributed by atoms with Gasteiger partial charge in [0.25, 0.3) is 5.91 Å². The van der Waals surface area contributed by atoms with Crippen molar-refractivity contribution in [1.29, 1.82) is 0 Å². The maximum absolute atomic E-state index is 12.7. The van der Waals surface area contributed by atoms with Crippen LogP contribution in [-0.2, 0) is 16.0 Å². The van der Waals surface area contributed by atoms with E-state index in [0.29, 0.717) is 13.0 Å². The van der Waals surface area contributed by atoms with E-state index in [1.807, 2.05) is 30.3 Å². The molecule has 0 radical (unpaired) electrons. The third kappa shape index (κ3) is 3.63. The third-order valence-electron chi connectivity index (χ3n) is 4.32. The summed E-state index contributed by atoms with van der Waals surface area (Å²) in [6.45, 7) is 4.23. The highest BCUT2D eigenvalue weighted by atomic mass is 16.5. The smallest absolute Gasteiger partial charge is 0.254 e. The van der Waals surface area contributed by atoms with Crippen molar-refractivity contribution < 1.29 is 14.6 Å². The van der Waals surface area contributed by atoms with Crippen LogP contribution in [0.4, 0.5) is 0 Å². The topological polar surface area (TPSA) is 49.8 Å². The van der Waals surface area contributed by atoms with Gasteiger partial charge in [-0.15, -0.1) is 0 Å². The first-order valence-electron chi connectivity index (χ1n) is 7.54. The summed E-state index contributed by atoms with van der Waals surface area (Å²) >= 11 is 0. The lowest BCUT2D eigenvalue weighted by atomic mass is 9.91. The van der Waals surface area contributed by atoms with E-state index in [0.717, 1.165) is 18.4 Å². The van der Waals surface area contributed by atoms with Crippen LogP contribution in [0.1, 0.15) is 32.3 Å². The van der Waals surface area contributed by atoms with Gasteiger partial charge in [-0.05, 0) is 38.7 Å². The molecule has 1 heterocycles. The molecular weight excluding hydrogens is 266 g/mol. The molecule has 1 aliphatic rings. The monoisotopic (exact) mass is 291 g/mol. The molecule has 4 nitrogen and oxygen atoms in total. The van der Waals surface area contributed by atoms with Gasteiger partial charge in [0, 0.05) is 13.7 Å². The Hall–Kier alpha value is -1.39. The standard InChI is InChI=1S/C17H25NO3/c1-17(2,21-3)16(20)18-11-7-10-15(19)14(18)12-13-8-5-4-6-9-13/h4-6,8-9,14-15,19H,7,10-12H2,1-3H3/t14-,15-/m0/s1. The first-order chi connectivity index (χ1) is 9.95. The summed E-state index contributed by atoms with van der Waals surface area (Å²) in [5, 5.41) is 10.4. The molecule has 1 N–H and O–H groups in total. The number of carbonyl (C=O) groups excluding carboxylic acids is 1. The Bertz CT molecular complexity index is 472. The molecule has 1 amide bonds. The Balaban J connectivity index is 2.19.